The van der Waals surface area contributed by atoms with E-state index in [9.17, 15) is 14.9 Å². The third-order valence-corrected chi connectivity index (χ3v) is 2.52. The van der Waals surface area contributed by atoms with Crippen molar-refractivity contribution in [2.75, 3.05) is 17.7 Å². The van der Waals surface area contributed by atoms with Gasteiger partial charge in [0.05, 0.1) is 17.1 Å². The second-order valence-corrected chi connectivity index (χ2v) is 4.36. The zero-order valence-corrected chi connectivity index (χ0v) is 10.7. The Bertz CT molecular complexity index is 607. The van der Waals surface area contributed by atoms with Gasteiger partial charge in [0.25, 0.3) is 0 Å². The van der Waals surface area contributed by atoms with Gasteiger partial charge in [-0.25, -0.2) is 0 Å². The number of H-pyrrole nitrogens is 1. The monoisotopic (exact) mass is 286 g/mol. The van der Waals surface area contributed by atoms with Crippen LogP contribution in [0.1, 0.15) is 13.8 Å². The van der Waals surface area contributed by atoms with E-state index in [0.717, 1.165) is 0 Å². The Hall–Kier alpha value is -2.69. The van der Waals surface area contributed by atoms with Gasteiger partial charge in [-0.15, -0.1) is 0 Å². The van der Waals surface area contributed by atoms with Gasteiger partial charge in [-0.1, -0.05) is 5.16 Å². The first-order chi connectivity index (χ1) is 9.22. The molecule has 0 amide bonds. The highest BCUT2D eigenvalue weighted by Gasteiger charge is 2.31. The minimum Gasteiger partial charge on any atom is -0.411 e. The standard InChI is InChI=1S/C9H14N6O5/c1-9(2,4(3-16)14-18)13-6-5(15(19)20)7(17)12-8(10)11-6/h16,18H,3H2,1-2H3,(H4,10,11,12,13,17). The minimum atomic E-state index is -1.19. The van der Waals surface area contributed by atoms with Crippen molar-refractivity contribution in [3.63, 3.8) is 0 Å². The van der Waals surface area contributed by atoms with Crippen LogP contribution in [0.4, 0.5) is 17.5 Å². The first-order valence-corrected chi connectivity index (χ1v) is 5.37. The number of hydrogen-bond acceptors (Lipinski definition) is 9. The molecule has 0 aromatic carbocycles. The number of nitrogen functional groups attached to an aromatic ring is 1. The second kappa shape index (κ2) is 5.52. The molecule has 0 aliphatic rings. The summed E-state index contributed by atoms with van der Waals surface area (Å²) in [6, 6.07) is 0. The van der Waals surface area contributed by atoms with Crippen molar-refractivity contribution < 1.29 is 15.2 Å². The Morgan fingerprint density at radius 3 is 2.70 bits per heavy atom. The van der Waals surface area contributed by atoms with Gasteiger partial charge in [0, 0.05) is 0 Å². The third kappa shape index (κ3) is 3.00. The number of aromatic amines is 1. The third-order valence-electron chi connectivity index (χ3n) is 2.52. The molecule has 0 radical (unpaired) electrons. The second-order valence-electron chi connectivity index (χ2n) is 4.36. The van der Waals surface area contributed by atoms with Crippen LogP contribution in [0.2, 0.25) is 0 Å². The van der Waals surface area contributed by atoms with Crippen LogP contribution in [0, 0.1) is 10.1 Å². The van der Waals surface area contributed by atoms with Crippen LogP contribution in [-0.2, 0) is 0 Å². The normalized spacial score (nSPS) is 12.2. The maximum atomic E-state index is 11.5. The summed E-state index contributed by atoms with van der Waals surface area (Å²) in [5.74, 6) is -0.707. The minimum absolute atomic E-state index is 0.104. The van der Waals surface area contributed by atoms with E-state index in [-0.39, 0.29) is 11.7 Å². The van der Waals surface area contributed by atoms with Crippen molar-refractivity contribution in [1.82, 2.24) is 9.97 Å². The van der Waals surface area contributed by atoms with Gasteiger partial charge >= 0.3 is 11.2 Å². The molecule has 1 heterocycles. The molecular weight excluding hydrogens is 272 g/mol. The van der Waals surface area contributed by atoms with Gasteiger partial charge in [-0.05, 0) is 13.8 Å². The first-order valence-electron chi connectivity index (χ1n) is 5.37. The summed E-state index contributed by atoms with van der Waals surface area (Å²) in [4.78, 5) is 27.1. The molecule has 0 aliphatic carbocycles. The van der Waals surface area contributed by atoms with Gasteiger partial charge in [0.1, 0.15) is 5.71 Å². The average Bonchev–Trinajstić information content (AvgIpc) is 2.27. The van der Waals surface area contributed by atoms with Crippen molar-refractivity contribution in [1.29, 1.82) is 0 Å². The van der Waals surface area contributed by atoms with Crippen LogP contribution in [0.5, 0.6) is 0 Å². The molecule has 11 nitrogen and oxygen atoms in total. The smallest absolute Gasteiger partial charge is 0.375 e. The van der Waals surface area contributed by atoms with Crippen molar-refractivity contribution in [3.8, 4) is 0 Å². The number of oxime groups is 1. The summed E-state index contributed by atoms with van der Waals surface area (Å²) < 4.78 is 0. The van der Waals surface area contributed by atoms with E-state index in [1.807, 2.05) is 4.98 Å². The van der Waals surface area contributed by atoms with Gasteiger partial charge in [0.2, 0.25) is 11.8 Å². The van der Waals surface area contributed by atoms with Crippen LogP contribution in [0.15, 0.2) is 9.95 Å². The van der Waals surface area contributed by atoms with E-state index in [1.165, 1.54) is 13.8 Å². The van der Waals surface area contributed by atoms with Gasteiger partial charge in [-0.2, -0.15) is 4.98 Å². The number of rotatable bonds is 5. The first kappa shape index (κ1) is 15.4. The zero-order chi connectivity index (χ0) is 15.5. The van der Waals surface area contributed by atoms with E-state index >= 15 is 0 Å². The molecule has 0 fully saturated rings. The molecule has 0 spiro atoms. The number of nitrogens with one attached hydrogen (secondary N) is 2. The van der Waals surface area contributed by atoms with E-state index < -0.39 is 34.1 Å². The zero-order valence-electron chi connectivity index (χ0n) is 10.7. The molecule has 1 aromatic heterocycles. The lowest BCUT2D eigenvalue weighted by Crippen LogP contribution is -2.43. The Labute approximate surface area is 112 Å². The number of nitro groups is 1. The number of hydrogen-bond donors (Lipinski definition) is 5. The van der Waals surface area contributed by atoms with E-state index in [4.69, 9.17) is 16.0 Å². The van der Waals surface area contributed by atoms with E-state index in [0.29, 0.717) is 0 Å². The van der Waals surface area contributed by atoms with Crippen molar-refractivity contribution in [2.45, 2.75) is 19.4 Å². The fourth-order valence-electron chi connectivity index (χ4n) is 1.46. The van der Waals surface area contributed by atoms with Gasteiger partial charge < -0.3 is 21.4 Å². The number of anilines is 2. The average molecular weight is 286 g/mol. The lowest BCUT2D eigenvalue weighted by molar-refractivity contribution is -0.385. The summed E-state index contributed by atoms with van der Waals surface area (Å²) in [6.45, 7) is 2.35. The van der Waals surface area contributed by atoms with Crippen molar-refractivity contribution in [2.24, 2.45) is 5.16 Å². The number of nitrogens with two attached hydrogens (primary N) is 1. The molecule has 1 rings (SSSR count). The summed E-state index contributed by atoms with van der Waals surface area (Å²) >= 11 is 0. The molecule has 0 saturated carbocycles. The van der Waals surface area contributed by atoms with Crippen molar-refractivity contribution in [3.05, 3.63) is 20.5 Å². The van der Waals surface area contributed by atoms with E-state index in [2.05, 4.69) is 15.5 Å². The van der Waals surface area contributed by atoms with Crippen molar-refractivity contribution >= 4 is 23.2 Å². The lowest BCUT2D eigenvalue weighted by atomic mass is 9.99. The Morgan fingerprint density at radius 1 is 1.65 bits per heavy atom. The molecule has 0 aliphatic heterocycles. The Balaban J connectivity index is 3.34. The highest BCUT2D eigenvalue weighted by Crippen LogP contribution is 2.22. The molecule has 11 heteroatoms. The topological polar surface area (TPSA) is 180 Å². The van der Waals surface area contributed by atoms with Crippen LogP contribution >= 0.6 is 0 Å². The number of aliphatic hydroxyl groups is 1. The maximum absolute atomic E-state index is 11.5. The van der Waals surface area contributed by atoms with Crippen LogP contribution in [0.25, 0.3) is 0 Å². The van der Waals surface area contributed by atoms with Crippen LogP contribution < -0.4 is 16.6 Å². The maximum Gasteiger partial charge on any atom is 0.375 e. The molecule has 6 N–H and O–H groups in total. The largest absolute Gasteiger partial charge is 0.411 e. The van der Waals surface area contributed by atoms with E-state index in [1.54, 1.807) is 0 Å². The van der Waals surface area contributed by atoms with Gasteiger partial charge in [-0.3, -0.25) is 19.9 Å². The molecular formula is C9H14N6O5. The number of aliphatic hydroxyl groups excluding tert-OH is 1. The predicted octanol–water partition coefficient (Wildman–Crippen LogP) is -0.727. The predicted molar refractivity (Wildman–Crippen MR) is 69.9 cm³/mol. The number of aromatic nitrogens is 2. The fraction of sp³-hybridized carbons (Fsp3) is 0.444. The highest BCUT2D eigenvalue weighted by molar-refractivity contribution is 5.95. The quantitative estimate of drug-likeness (QED) is 0.203. The Kier molecular flexibility index (Phi) is 4.24. The van der Waals surface area contributed by atoms with Crippen LogP contribution in [-0.4, -0.2) is 43.1 Å². The SMILES string of the molecule is CC(C)(Nc1nc(N)[nH]c(=O)c1[N+](=O)[O-])C(CO)=NO. The molecule has 0 bridgehead atoms. The fourth-order valence-corrected chi connectivity index (χ4v) is 1.46. The lowest BCUT2D eigenvalue weighted by Gasteiger charge is -2.26. The molecule has 1 aromatic rings. The molecule has 0 saturated heterocycles. The Morgan fingerprint density at radius 2 is 2.25 bits per heavy atom. The molecule has 0 unspecified atom stereocenters. The molecule has 20 heavy (non-hydrogen) atoms. The van der Waals surface area contributed by atoms with Gasteiger partial charge in [0.15, 0.2) is 0 Å². The summed E-state index contributed by atoms with van der Waals surface area (Å²) in [5, 5.41) is 34.1. The van der Waals surface area contributed by atoms with Crippen LogP contribution in [0.3, 0.4) is 0 Å². The summed E-state index contributed by atoms with van der Waals surface area (Å²) in [7, 11) is 0. The summed E-state index contributed by atoms with van der Waals surface area (Å²) in [5.41, 5.74) is 2.18. The highest BCUT2D eigenvalue weighted by atomic mass is 16.6. The summed E-state index contributed by atoms with van der Waals surface area (Å²) in [6.07, 6.45) is 0. The number of nitrogens with zero attached hydrogens (tertiary/aromatic N) is 3. The molecule has 0 atom stereocenters. The molecule has 110 valence electrons.